The van der Waals surface area contributed by atoms with Crippen molar-refractivity contribution in [3.63, 3.8) is 0 Å². The molecule has 1 fully saturated rings. The first kappa shape index (κ1) is 15.8. The van der Waals surface area contributed by atoms with E-state index in [-0.39, 0.29) is 17.4 Å². The minimum atomic E-state index is -0.539. The van der Waals surface area contributed by atoms with Crippen molar-refractivity contribution in [1.29, 1.82) is 0 Å². The number of aromatic hydroxyl groups is 1. The Bertz CT molecular complexity index is 487. The quantitative estimate of drug-likeness (QED) is 0.698. The molecule has 1 aromatic rings. The van der Waals surface area contributed by atoms with Crippen molar-refractivity contribution in [3.8, 4) is 5.75 Å². The van der Waals surface area contributed by atoms with E-state index in [9.17, 15) is 9.90 Å². The molecule has 116 valence electrons. The molecule has 1 heterocycles. The van der Waals surface area contributed by atoms with Crippen LogP contribution in [0.3, 0.4) is 0 Å². The smallest absolute Gasteiger partial charge is 0.341 e. The summed E-state index contributed by atoms with van der Waals surface area (Å²) in [5.41, 5.74) is 1.09. The van der Waals surface area contributed by atoms with Crippen LogP contribution < -0.4 is 10.6 Å². The minimum absolute atomic E-state index is 0.0614. The average Bonchev–Trinajstić information content (AvgIpc) is 2.52. The number of nitrogens with one attached hydrogen (secondary N) is 2. The maximum atomic E-state index is 11.4. The predicted molar refractivity (Wildman–Crippen MR) is 78.5 cm³/mol. The number of hydrogen-bond acceptors (Lipinski definition) is 6. The second kappa shape index (κ2) is 7.40. The zero-order valence-electron chi connectivity index (χ0n) is 12.4. The summed E-state index contributed by atoms with van der Waals surface area (Å²) in [7, 11) is 1.29. The topological polar surface area (TPSA) is 79.8 Å². The zero-order valence-corrected chi connectivity index (χ0v) is 12.4. The molecule has 0 spiro atoms. The number of esters is 1. The summed E-state index contributed by atoms with van der Waals surface area (Å²) in [5.74, 6) is -0.602. The van der Waals surface area contributed by atoms with Gasteiger partial charge in [-0.2, -0.15) is 0 Å². The summed E-state index contributed by atoms with van der Waals surface area (Å²) in [4.78, 5) is 11.4. The highest BCUT2D eigenvalue weighted by molar-refractivity contribution is 5.92. The number of methoxy groups -OCH3 is 1. The first-order valence-corrected chi connectivity index (χ1v) is 7.07. The molecule has 2 atom stereocenters. The van der Waals surface area contributed by atoms with Crippen LogP contribution in [-0.4, -0.2) is 50.5 Å². The normalized spacial score (nSPS) is 20.0. The molecule has 2 rings (SSSR count). The van der Waals surface area contributed by atoms with Gasteiger partial charge in [-0.25, -0.2) is 4.79 Å². The molecule has 1 aromatic carbocycles. The monoisotopic (exact) mass is 294 g/mol. The fraction of sp³-hybridized carbons (Fsp3) is 0.533. The Morgan fingerprint density at radius 2 is 2.43 bits per heavy atom. The summed E-state index contributed by atoms with van der Waals surface area (Å²) in [6.07, 6.45) is 0. The van der Waals surface area contributed by atoms with E-state index >= 15 is 0 Å². The van der Waals surface area contributed by atoms with Crippen molar-refractivity contribution in [2.45, 2.75) is 19.0 Å². The third kappa shape index (κ3) is 4.17. The van der Waals surface area contributed by atoms with Crippen molar-refractivity contribution in [2.24, 2.45) is 0 Å². The van der Waals surface area contributed by atoms with Gasteiger partial charge in [0.15, 0.2) is 0 Å². The first-order chi connectivity index (χ1) is 10.1. The average molecular weight is 294 g/mol. The molecule has 0 saturated carbocycles. The Morgan fingerprint density at radius 1 is 1.62 bits per heavy atom. The number of morpholine rings is 1. The van der Waals surface area contributed by atoms with E-state index in [0.717, 1.165) is 25.3 Å². The van der Waals surface area contributed by atoms with Gasteiger partial charge >= 0.3 is 5.97 Å². The van der Waals surface area contributed by atoms with Gasteiger partial charge in [-0.1, -0.05) is 6.07 Å². The number of phenols is 1. The third-order valence-corrected chi connectivity index (χ3v) is 3.60. The van der Waals surface area contributed by atoms with Crippen LogP contribution in [-0.2, 0) is 9.47 Å². The lowest BCUT2D eigenvalue weighted by Gasteiger charge is -2.26. The summed E-state index contributed by atoms with van der Waals surface area (Å²) >= 11 is 0. The fourth-order valence-corrected chi connectivity index (χ4v) is 2.29. The fourth-order valence-electron chi connectivity index (χ4n) is 2.29. The Kier molecular flexibility index (Phi) is 5.55. The molecule has 1 unspecified atom stereocenters. The van der Waals surface area contributed by atoms with Crippen LogP contribution >= 0.6 is 0 Å². The molecule has 0 aliphatic carbocycles. The van der Waals surface area contributed by atoms with Crippen LogP contribution in [0.15, 0.2) is 18.2 Å². The number of phenolic OH excluding ortho intramolecular Hbond substituents is 1. The van der Waals surface area contributed by atoms with Gasteiger partial charge in [-0.15, -0.1) is 0 Å². The van der Waals surface area contributed by atoms with E-state index < -0.39 is 5.97 Å². The van der Waals surface area contributed by atoms with Crippen LogP contribution in [0.25, 0.3) is 0 Å². The third-order valence-electron chi connectivity index (χ3n) is 3.60. The highest BCUT2D eigenvalue weighted by Crippen LogP contribution is 2.23. The van der Waals surface area contributed by atoms with Crippen molar-refractivity contribution in [1.82, 2.24) is 10.6 Å². The van der Waals surface area contributed by atoms with Crippen LogP contribution in [0.2, 0.25) is 0 Å². The maximum absolute atomic E-state index is 11.4. The lowest BCUT2D eigenvalue weighted by atomic mass is 10.0. The van der Waals surface area contributed by atoms with Gasteiger partial charge in [0.25, 0.3) is 0 Å². The van der Waals surface area contributed by atoms with Gasteiger partial charge in [0.05, 0.1) is 20.3 Å². The summed E-state index contributed by atoms with van der Waals surface area (Å²) in [6, 6.07) is 5.34. The Labute approximate surface area is 124 Å². The van der Waals surface area contributed by atoms with E-state index in [4.69, 9.17) is 4.74 Å². The van der Waals surface area contributed by atoms with Crippen LogP contribution in [0.1, 0.15) is 28.9 Å². The molecular formula is C15H22N2O4. The summed E-state index contributed by atoms with van der Waals surface area (Å²) in [5, 5.41) is 16.7. The Morgan fingerprint density at radius 3 is 3.05 bits per heavy atom. The van der Waals surface area contributed by atoms with Gasteiger partial charge < -0.3 is 25.2 Å². The molecule has 3 N–H and O–H groups in total. The largest absolute Gasteiger partial charge is 0.507 e. The lowest BCUT2D eigenvalue weighted by Crippen LogP contribution is -2.47. The molecule has 0 radical (unpaired) electrons. The number of ether oxygens (including phenoxy) is 2. The van der Waals surface area contributed by atoms with Gasteiger partial charge in [-0.05, 0) is 24.6 Å². The second-order valence-corrected chi connectivity index (χ2v) is 5.12. The van der Waals surface area contributed by atoms with Crippen molar-refractivity contribution >= 4 is 5.97 Å². The van der Waals surface area contributed by atoms with Crippen LogP contribution in [0.4, 0.5) is 0 Å². The second-order valence-electron chi connectivity index (χ2n) is 5.12. The molecule has 6 heteroatoms. The van der Waals surface area contributed by atoms with Crippen LogP contribution in [0, 0.1) is 0 Å². The number of benzene rings is 1. The van der Waals surface area contributed by atoms with E-state index in [1.165, 1.54) is 7.11 Å². The predicted octanol–water partition coefficient (Wildman–Crippen LogP) is 0.818. The van der Waals surface area contributed by atoms with Crippen LogP contribution in [0.5, 0.6) is 5.75 Å². The highest BCUT2D eigenvalue weighted by atomic mass is 16.5. The van der Waals surface area contributed by atoms with E-state index in [0.29, 0.717) is 12.6 Å². The van der Waals surface area contributed by atoms with E-state index in [2.05, 4.69) is 15.4 Å². The SMILES string of the molecule is COC(=O)c1ccc([C@H](C)NCC2COCCN2)cc1O. The standard InChI is InChI=1S/C15H22N2O4/c1-10(17-8-12-9-21-6-5-16-12)11-3-4-13(14(18)7-11)15(19)20-2/h3-4,7,10,12,16-18H,5-6,8-9H2,1-2H3/t10-,12?/m0/s1. The first-order valence-electron chi connectivity index (χ1n) is 7.07. The number of rotatable bonds is 5. The van der Waals surface area contributed by atoms with Gasteiger partial charge in [0.1, 0.15) is 11.3 Å². The van der Waals surface area contributed by atoms with E-state index in [1.54, 1.807) is 12.1 Å². The Hall–Kier alpha value is -1.63. The summed E-state index contributed by atoms with van der Waals surface area (Å²) in [6.45, 7) is 5.12. The molecule has 1 saturated heterocycles. The van der Waals surface area contributed by atoms with Gasteiger partial charge in [0.2, 0.25) is 0 Å². The number of carbonyl (C=O) groups excluding carboxylic acids is 1. The van der Waals surface area contributed by atoms with Crippen molar-refractivity contribution < 1.29 is 19.4 Å². The highest BCUT2D eigenvalue weighted by Gasteiger charge is 2.16. The molecule has 0 amide bonds. The molecule has 21 heavy (non-hydrogen) atoms. The number of hydrogen-bond donors (Lipinski definition) is 3. The Balaban J connectivity index is 1.94. The molecule has 1 aliphatic rings. The van der Waals surface area contributed by atoms with Gasteiger partial charge in [0, 0.05) is 25.2 Å². The zero-order chi connectivity index (χ0) is 15.2. The maximum Gasteiger partial charge on any atom is 0.341 e. The molecule has 0 aromatic heterocycles. The van der Waals surface area contributed by atoms with Gasteiger partial charge in [-0.3, -0.25) is 0 Å². The number of carbonyl (C=O) groups is 1. The summed E-state index contributed by atoms with van der Waals surface area (Å²) < 4.78 is 10.0. The van der Waals surface area contributed by atoms with Crippen molar-refractivity contribution in [3.05, 3.63) is 29.3 Å². The lowest BCUT2D eigenvalue weighted by molar-refractivity contribution is 0.0597. The molecular weight excluding hydrogens is 272 g/mol. The minimum Gasteiger partial charge on any atom is -0.507 e. The molecule has 0 bridgehead atoms. The molecule has 6 nitrogen and oxygen atoms in total. The van der Waals surface area contributed by atoms with Crippen molar-refractivity contribution in [2.75, 3.05) is 33.4 Å². The van der Waals surface area contributed by atoms with E-state index in [1.807, 2.05) is 13.0 Å². The molecule has 1 aliphatic heterocycles.